The van der Waals surface area contributed by atoms with E-state index in [0.29, 0.717) is 6.42 Å². The van der Waals surface area contributed by atoms with E-state index in [-0.39, 0.29) is 0 Å². The second kappa shape index (κ2) is 13.4. The lowest BCUT2D eigenvalue weighted by atomic mass is 10.2. The van der Waals surface area contributed by atoms with Crippen molar-refractivity contribution in [3.05, 3.63) is 61.3 Å². The van der Waals surface area contributed by atoms with Crippen LogP contribution in [-0.4, -0.2) is 6.29 Å². The summed E-state index contributed by atoms with van der Waals surface area (Å²) in [5.41, 5.74) is 0. The van der Waals surface area contributed by atoms with Gasteiger partial charge in [-0.05, 0) is 19.3 Å². The number of aldehydes is 1. The molecule has 0 atom stereocenters. The van der Waals surface area contributed by atoms with Crippen LogP contribution in [0.1, 0.15) is 25.7 Å². The summed E-state index contributed by atoms with van der Waals surface area (Å²) in [6, 6.07) is 0. The van der Waals surface area contributed by atoms with Crippen molar-refractivity contribution in [3.63, 3.8) is 0 Å². The first kappa shape index (κ1) is 14.4. The van der Waals surface area contributed by atoms with Crippen molar-refractivity contribution in [1.82, 2.24) is 0 Å². The lowest BCUT2D eigenvalue weighted by Crippen LogP contribution is -1.68. The fraction of sp³-hybridized carbons (Fsp3) is 0.267. The molecule has 0 bridgehead atoms. The molecule has 0 aliphatic rings. The molecular formula is C15H20O. The molecular weight excluding hydrogens is 196 g/mol. The molecule has 0 heterocycles. The average Bonchev–Trinajstić information content (AvgIpc) is 2.31. The van der Waals surface area contributed by atoms with Crippen LogP contribution in [0.3, 0.4) is 0 Å². The van der Waals surface area contributed by atoms with Gasteiger partial charge in [0.1, 0.15) is 6.29 Å². The highest BCUT2D eigenvalue weighted by molar-refractivity contribution is 5.49. The number of allylic oxidation sites excluding steroid dienone is 9. The lowest BCUT2D eigenvalue weighted by Gasteiger charge is -1.83. The number of carbonyl (C=O) groups excluding carboxylic acids is 1. The standard InChI is InChI=1S/C15H20O/c1-2-3-4-5-6-7-8-9-10-11-12-13-14-15-16/h2-4,7-12,15H,1,5-6,13-14H2/b4-3+,8-7+,10-9+,12-11+. The number of unbranched alkanes of at least 4 members (excludes halogenated alkanes) is 2. The average molecular weight is 216 g/mol. The fourth-order valence-corrected chi connectivity index (χ4v) is 1.03. The van der Waals surface area contributed by atoms with Gasteiger partial charge >= 0.3 is 0 Å². The number of hydrogen-bond donors (Lipinski definition) is 0. The summed E-state index contributed by atoms with van der Waals surface area (Å²) in [6.45, 7) is 3.60. The van der Waals surface area contributed by atoms with E-state index in [2.05, 4.69) is 18.7 Å². The van der Waals surface area contributed by atoms with Gasteiger partial charge in [-0.3, -0.25) is 0 Å². The molecule has 0 rings (SSSR count). The second-order valence-corrected chi connectivity index (χ2v) is 3.23. The molecule has 0 saturated heterocycles. The highest BCUT2D eigenvalue weighted by Gasteiger charge is 1.75. The van der Waals surface area contributed by atoms with E-state index in [0.717, 1.165) is 25.5 Å². The molecule has 0 unspecified atom stereocenters. The summed E-state index contributed by atoms with van der Waals surface area (Å²) in [4.78, 5) is 10.0. The molecule has 0 saturated carbocycles. The quantitative estimate of drug-likeness (QED) is 0.321. The summed E-state index contributed by atoms with van der Waals surface area (Å²) >= 11 is 0. The SMILES string of the molecule is C=C/C=C/CC/C=C/C=C/C=C/CCC=O. The van der Waals surface area contributed by atoms with Crippen LogP contribution >= 0.6 is 0 Å². The first-order chi connectivity index (χ1) is 7.91. The molecule has 0 aromatic heterocycles. The smallest absolute Gasteiger partial charge is 0.120 e. The van der Waals surface area contributed by atoms with Crippen molar-refractivity contribution >= 4 is 6.29 Å². The number of carbonyl (C=O) groups is 1. The fourth-order valence-electron chi connectivity index (χ4n) is 1.03. The molecule has 0 aromatic rings. The van der Waals surface area contributed by atoms with E-state index in [9.17, 15) is 4.79 Å². The molecule has 0 aliphatic carbocycles. The van der Waals surface area contributed by atoms with E-state index in [4.69, 9.17) is 0 Å². The van der Waals surface area contributed by atoms with Crippen molar-refractivity contribution < 1.29 is 4.79 Å². The van der Waals surface area contributed by atoms with Crippen LogP contribution in [-0.2, 0) is 4.79 Å². The van der Waals surface area contributed by atoms with Crippen molar-refractivity contribution in [2.45, 2.75) is 25.7 Å². The number of hydrogen-bond acceptors (Lipinski definition) is 1. The zero-order valence-electron chi connectivity index (χ0n) is 9.72. The van der Waals surface area contributed by atoms with E-state index in [1.807, 2.05) is 36.5 Å². The van der Waals surface area contributed by atoms with Gasteiger partial charge in [0.25, 0.3) is 0 Å². The van der Waals surface area contributed by atoms with Crippen LogP contribution in [0.4, 0.5) is 0 Å². The van der Waals surface area contributed by atoms with Crippen LogP contribution < -0.4 is 0 Å². The van der Waals surface area contributed by atoms with Gasteiger partial charge < -0.3 is 4.79 Å². The van der Waals surface area contributed by atoms with Crippen molar-refractivity contribution in [3.8, 4) is 0 Å². The van der Waals surface area contributed by atoms with Gasteiger partial charge in [-0.15, -0.1) is 0 Å². The molecule has 0 spiro atoms. The van der Waals surface area contributed by atoms with Crippen LogP contribution in [0.2, 0.25) is 0 Å². The zero-order chi connectivity index (χ0) is 11.9. The molecule has 16 heavy (non-hydrogen) atoms. The Kier molecular flexibility index (Phi) is 12.0. The third-order valence-corrected chi connectivity index (χ3v) is 1.83. The monoisotopic (exact) mass is 216 g/mol. The predicted octanol–water partition coefficient (Wildman–Crippen LogP) is 4.16. The third-order valence-electron chi connectivity index (χ3n) is 1.83. The molecule has 1 nitrogen and oxygen atoms in total. The molecule has 0 N–H and O–H groups in total. The first-order valence-corrected chi connectivity index (χ1v) is 5.61. The molecule has 0 radical (unpaired) electrons. The van der Waals surface area contributed by atoms with Gasteiger partial charge in [-0.2, -0.15) is 0 Å². The van der Waals surface area contributed by atoms with Gasteiger partial charge in [0.15, 0.2) is 0 Å². The largest absolute Gasteiger partial charge is 0.303 e. The molecule has 0 fully saturated rings. The lowest BCUT2D eigenvalue weighted by molar-refractivity contribution is -0.107. The van der Waals surface area contributed by atoms with Crippen LogP contribution in [0.5, 0.6) is 0 Å². The van der Waals surface area contributed by atoms with Crippen molar-refractivity contribution in [2.75, 3.05) is 0 Å². The minimum atomic E-state index is 0.607. The maximum atomic E-state index is 10.0. The van der Waals surface area contributed by atoms with E-state index < -0.39 is 0 Å². The van der Waals surface area contributed by atoms with Gasteiger partial charge in [0.05, 0.1) is 0 Å². The molecule has 0 amide bonds. The van der Waals surface area contributed by atoms with Gasteiger partial charge in [0, 0.05) is 6.42 Å². The maximum absolute atomic E-state index is 10.0. The minimum absolute atomic E-state index is 0.607. The minimum Gasteiger partial charge on any atom is -0.303 e. The first-order valence-electron chi connectivity index (χ1n) is 5.61. The molecule has 0 aliphatic heterocycles. The van der Waals surface area contributed by atoms with Gasteiger partial charge in [-0.25, -0.2) is 0 Å². The van der Waals surface area contributed by atoms with E-state index in [1.54, 1.807) is 6.08 Å². The van der Waals surface area contributed by atoms with Crippen molar-refractivity contribution in [2.24, 2.45) is 0 Å². The zero-order valence-corrected chi connectivity index (χ0v) is 9.72. The predicted molar refractivity (Wildman–Crippen MR) is 71.3 cm³/mol. The Bertz CT molecular complexity index is 280. The van der Waals surface area contributed by atoms with E-state index in [1.165, 1.54) is 0 Å². The molecule has 86 valence electrons. The third kappa shape index (κ3) is 12.4. The summed E-state index contributed by atoms with van der Waals surface area (Å²) in [7, 11) is 0. The Morgan fingerprint density at radius 1 is 0.688 bits per heavy atom. The molecule has 1 heteroatoms. The molecule has 0 aromatic carbocycles. The Hall–Kier alpha value is -1.63. The normalized spacial score (nSPS) is 12.2. The van der Waals surface area contributed by atoms with Crippen LogP contribution in [0.25, 0.3) is 0 Å². The van der Waals surface area contributed by atoms with Gasteiger partial charge in [0.2, 0.25) is 0 Å². The Balaban J connectivity index is 3.47. The summed E-state index contributed by atoms with van der Waals surface area (Å²) in [6.07, 6.45) is 22.4. The van der Waals surface area contributed by atoms with Crippen LogP contribution in [0.15, 0.2) is 61.3 Å². The Morgan fingerprint density at radius 2 is 1.19 bits per heavy atom. The summed E-state index contributed by atoms with van der Waals surface area (Å²) in [5, 5.41) is 0. The Morgan fingerprint density at radius 3 is 1.69 bits per heavy atom. The number of rotatable bonds is 9. The summed E-state index contributed by atoms with van der Waals surface area (Å²) < 4.78 is 0. The van der Waals surface area contributed by atoms with Crippen LogP contribution in [0, 0.1) is 0 Å². The topological polar surface area (TPSA) is 17.1 Å². The Labute approximate surface area is 98.6 Å². The van der Waals surface area contributed by atoms with Crippen molar-refractivity contribution in [1.29, 1.82) is 0 Å². The van der Waals surface area contributed by atoms with E-state index >= 15 is 0 Å². The second-order valence-electron chi connectivity index (χ2n) is 3.23. The maximum Gasteiger partial charge on any atom is 0.120 e. The summed E-state index contributed by atoms with van der Waals surface area (Å²) in [5.74, 6) is 0. The van der Waals surface area contributed by atoms with Gasteiger partial charge in [-0.1, -0.05) is 61.3 Å². The highest BCUT2D eigenvalue weighted by Crippen LogP contribution is 1.94. The highest BCUT2D eigenvalue weighted by atomic mass is 16.1.